The summed E-state index contributed by atoms with van der Waals surface area (Å²) in [5.41, 5.74) is 5.33. The quantitative estimate of drug-likeness (QED) is 0.501. The van der Waals surface area contributed by atoms with Gasteiger partial charge in [-0.15, -0.1) is 0 Å². The first-order chi connectivity index (χ1) is 14.1. The van der Waals surface area contributed by atoms with Gasteiger partial charge in [-0.25, -0.2) is 22.5 Å². The van der Waals surface area contributed by atoms with Crippen molar-refractivity contribution in [1.82, 2.24) is 9.97 Å². The highest BCUT2D eigenvalue weighted by Crippen LogP contribution is 2.34. The van der Waals surface area contributed by atoms with Gasteiger partial charge in [-0.05, 0) is 37.5 Å². The van der Waals surface area contributed by atoms with Crippen LogP contribution in [0, 0.1) is 17.6 Å². The van der Waals surface area contributed by atoms with Crippen molar-refractivity contribution in [3.8, 4) is 17.0 Å². The fourth-order valence-corrected chi connectivity index (χ4v) is 3.54. The molecule has 0 aliphatic carbocycles. The van der Waals surface area contributed by atoms with Gasteiger partial charge in [-0.2, -0.15) is 0 Å². The van der Waals surface area contributed by atoms with Gasteiger partial charge in [-0.1, -0.05) is 13.8 Å². The number of nitrogens with two attached hydrogens (primary N) is 1. The molecular weight excluding hydrogens is 398 g/mol. The van der Waals surface area contributed by atoms with Gasteiger partial charge in [0.1, 0.15) is 29.7 Å². The van der Waals surface area contributed by atoms with Gasteiger partial charge < -0.3 is 10.5 Å². The smallest absolute Gasteiger partial charge is 0.284 e. The number of alkyl halides is 2. The van der Waals surface area contributed by atoms with E-state index in [-0.39, 0.29) is 34.5 Å². The summed E-state index contributed by atoms with van der Waals surface area (Å²) in [5, 5.41) is 0.00625. The van der Waals surface area contributed by atoms with E-state index in [9.17, 15) is 17.6 Å². The number of ether oxygens (including phenoxy) is 1. The second-order valence-electron chi connectivity index (χ2n) is 8.06. The van der Waals surface area contributed by atoms with E-state index >= 15 is 0 Å². The van der Waals surface area contributed by atoms with Crippen LogP contribution < -0.4 is 10.5 Å². The maximum absolute atomic E-state index is 14.4. The van der Waals surface area contributed by atoms with Gasteiger partial charge in [0.25, 0.3) is 6.43 Å². The lowest BCUT2D eigenvalue weighted by molar-refractivity contribution is 0.134. The summed E-state index contributed by atoms with van der Waals surface area (Å²) in [6.07, 6.45) is -0.915. The lowest BCUT2D eigenvalue weighted by Gasteiger charge is -2.27. The molecule has 3 rings (SSSR count). The van der Waals surface area contributed by atoms with E-state index in [1.54, 1.807) is 6.92 Å². The van der Waals surface area contributed by atoms with E-state index in [4.69, 9.17) is 10.5 Å². The number of fused-ring (bicyclic) bond motifs is 1. The molecule has 0 saturated heterocycles. The van der Waals surface area contributed by atoms with Crippen LogP contribution in [0.25, 0.3) is 22.2 Å². The van der Waals surface area contributed by atoms with E-state index in [1.807, 2.05) is 13.8 Å². The number of hydrogen-bond donors (Lipinski definition) is 1. The molecule has 4 nitrogen and oxygen atoms in total. The molecule has 2 heterocycles. The highest BCUT2D eigenvalue weighted by Gasteiger charge is 2.24. The third kappa shape index (κ3) is 4.87. The molecular formula is C22H23F4N3O. The van der Waals surface area contributed by atoms with Crippen LogP contribution in [-0.2, 0) is 0 Å². The van der Waals surface area contributed by atoms with Gasteiger partial charge in [0.05, 0.1) is 11.2 Å². The summed E-state index contributed by atoms with van der Waals surface area (Å²) in [7, 11) is 0. The van der Waals surface area contributed by atoms with Crippen LogP contribution in [0.2, 0.25) is 0 Å². The summed E-state index contributed by atoms with van der Waals surface area (Å²) < 4.78 is 60.8. The number of halogens is 4. The Morgan fingerprint density at radius 1 is 1.13 bits per heavy atom. The number of benzene rings is 1. The van der Waals surface area contributed by atoms with Crippen LogP contribution >= 0.6 is 0 Å². The van der Waals surface area contributed by atoms with Crippen molar-refractivity contribution in [2.45, 2.75) is 39.2 Å². The number of hydrogen-bond acceptors (Lipinski definition) is 4. The molecule has 0 radical (unpaired) electrons. The van der Waals surface area contributed by atoms with Crippen molar-refractivity contribution in [3.63, 3.8) is 0 Å². The lowest BCUT2D eigenvalue weighted by Crippen LogP contribution is -2.43. The Labute approximate surface area is 172 Å². The third-order valence-corrected chi connectivity index (χ3v) is 4.56. The molecule has 1 unspecified atom stereocenters. The molecule has 2 N–H and O–H groups in total. The molecule has 0 saturated carbocycles. The molecule has 0 aliphatic rings. The molecule has 3 aromatic rings. The van der Waals surface area contributed by atoms with Gasteiger partial charge in [0, 0.05) is 34.8 Å². The zero-order valence-corrected chi connectivity index (χ0v) is 16.9. The maximum Gasteiger partial charge on any atom is 0.284 e. The first-order valence-corrected chi connectivity index (χ1v) is 9.52. The zero-order chi connectivity index (χ0) is 22.1. The minimum absolute atomic E-state index is 0.00625. The van der Waals surface area contributed by atoms with Crippen LogP contribution in [0.5, 0.6) is 5.75 Å². The molecule has 30 heavy (non-hydrogen) atoms. The molecule has 0 aliphatic heterocycles. The van der Waals surface area contributed by atoms with E-state index < -0.39 is 29.3 Å². The van der Waals surface area contributed by atoms with E-state index in [0.717, 1.165) is 12.1 Å². The van der Waals surface area contributed by atoms with Crippen molar-refractivity contribution in [3.05, 3.63) is 53.9 Å². The largest absolute Gasteiger partial charge is 0.490 e. The zero-order valence-electron chi connectivity index (χ0n) is 16.9. The van der Waals surface area contributed by atoms with E-state index in [1.165, 1.54) is 24.4 Å². The minimum atomic E-state index is -2.91. The Morgan fingerprint density at radius 3 is 2.53 bits per heavy atom. The third-order valence-electron chi connectivity index (χ3n) is 4.56. The van der Waals surface area contributed by atoms with Crippen LogP contribution in [0.4, 0.5) is 17.6 Å². The molecule has 0 bridgehead atoms. The Morgan fingerprint density at radius 2 is 1.87 bits per heavy atom. The first kappa shape index (κ1) is 22.0. The number of nitrogens with zero attached hydrogens (tertiary/aromatic N) is 2. The average Bonchev–Trinajstić information content (AvgIpc) is 2.64. The molecule has 1 atom stereocenters. The second-order valence-corrected chi connectivity index (χ2v) is 8.06. The Hall–Kier alpha value is -2.74. The van der Waals surface area contributed by atoms with E-state index in [2.05, 4.69) is 9.97 Å². The Balaban J connectivity index is 2.00. The monoisotopic (exact) mass is 421 g/mol. The van der Waals surface area contributed by atoms with Crippen molar-refractivity contribution in [2.75, 3.05) is 6.61 Å². The van der Waals surface area contributed by atoms with Gasteiger partial charge >= 0.3 is 0 Å². The topological polar surface area (TPSA) is 61.0 Å². The molecule has 160 valence electrons. The molecule has 0 fully saturated rings. The molecule has 1 aromatic carbocycles. The van der Waals surface area contributed by atoms with Crippen molar-refractivity contribution in [2.24, 2.45) is 11.7 Å². The van der Waals surface area contributed by atoms with E-state index in [0.29, 0.717) is 12.3 Å². The predicted octanol–water partition coefficient (Wildman–Crippen LogP) is 5.65. The minimum Gasteiger partial charge on any atom is -0.490 e. The summed E-state index contributed by atoms with van der Waals surface area (Å²) >= 11 is 0. The summed E-state index contributed by atoms with van der Waals surface area (Å²) in [4.78, 5) is 7.96. The SMILES string of the molecule is CC(C)CC(C)(N)COc1ccc(-c2ccnc3cc(F)cc(F)c23)nc1C(F)F. The number of rotatable bonds is 7. The standard InChI is InChI=1S/C22H23F4N3O/c1-12(2)10-22(3,27)11-30-18-5-4-16(29-20(18)21(25)26)14-6-7-28-17-9-13(23)8-15(24)19(14)17/h4-9,12,21H,10-11,27H2,1-3H3. The van der Waals surface area contributed by atoms with Crippen molar-refractivity contribution < 1.29 is 22.3 Å². The number of aromatic nitrogens is 2. The fourth-order valence-electron chi connectivity index (χ4n) is 3.54. The summed E-state index contributed by atoms with van der Waals surface area (Å²) in [5.74, 6) is -1.39. The summed E-state index contributed by atoms with van der Waals surface area (Å²) in [6.45, 7) is 5.85. The lowest BCUT2D eigenvalue weighted by atomic mass is 9.93. The van der Waals surface area contributed by atoms with Crippen molar-refractivity contribution in [1.29, 1.82) is 0 Å². The van der Waals surface area contributed by atoms with Crippen LogP contribution in [-0.4, -0.2) is 22.1 Å². The second kappa shape index (κ2) is 8.55. The van der Waals surface area contributed by atoms with Crippen LogP contribution in [0.1, 0.15) is 39.3 Å². The fraction of sp³-hybridized carbons (Fsp3) is 0.364. The van der Waals surface area contributed by atoms with Crippen molar-refractivity contribution >= 4 is 10.9 Å². The molecule has 8 heteroatoms. The highest BCUT2D eigenvalue weighted by molar-refractivity contribution is 5.93. The number of pyridine rings is 2. The first-order valence-electron chi connectivity index (χ1n) is 9.52. The summed E-state index contributed by atoms with van der Waals surface area (Å²) in [6, 6.07) is 6.05. The van der Waals surface area contributed by atoms with Crippen LogP contribution in [0.15, 0.2) is 36.5 Å². The molecule has 0 spiro atoms. The molecule has 2 aromatic heterocycles. The van der Waals surface area contributed by atoms with Crippen LogP contribution in [0.3, 0.4) is 0 Å². The Kier molecular flexibility index (Phi) is 6.26. The maximum atomic E-state index is 14.4. The molecule has 0 amide bonds. The normalized spacial score (nSPS) is 13.8. The Bertz CT molecular complexity index is 1050. The average molecular weight is 421 g/mol. The predicted molar refractivity (Wildman–Crippen MR) is 107 cm³/mol. The highest BCUT2D eigenvalue weighted by atomic mass is 19.3. The van der Waals surface area contributed by atoms with Gasteiger partial charge in [-0.3, -0.25) is 4.98 Å². The van der Waals surface area contributed by atoms with Gasteiger partial charge in [0.15, 0.2) is 0 Å². The van der Waals surface area contributed by atoms with Gasteiger partial charge in [0.2, 0.25) is 0 Å².